The standard InChI is InChI=1S/C20H21Cl2N3O3/c1-11-8-14(21)18(15(22)9-11)24-17(19(26)27)10-23-20(28)25-16-7-6-12-4-2-3-5-13(12)16/h2-5,8-9,16-17,24H,6-7,10H2,1H3,(H,26,27)(H2,23,25,28)/t16-,17-/m0/s1. The van der Waals surface area contributed by atoms with Gasteiger partial charge in [-0.15, -0.1) is 0 Å². The van der Waals surface area contributed by atoms with E-state index in [2.05, 4.69) is 16.0 Å². The number of fused-ring (bicyclic) bond motifs is 1. The highest BCUT2D eigenvalue weighted by Gasteiger charge is 2.25. The van der Waals surface area contributed by atoms with E-state index in [1.54, 1.807) is 12.1 Å². The molecule has 0 bridgehead atoms. The zero-order chi connectivity index (χ0) is 20.3. The Morgan fingerprint density at radius 3 is 2.57 bits per heavy atom. The van der Waals surface area contributed by atoms with E-state index in [4.69, 9.17) is 23.2 Å². The van der Waals surface area contributed by atoms with Crippen LogP contribution >= 0.6 is 23.2 Å². The van der Waals surface area contributed by atoms with Crippen molar-refractivity contribution >= 4 is 40.9 Å². The van der Waals surface area contributed by atoms with Crippen molar-refractivity contribution in [3.8, 4) is 0 Å². The Morgan fingerprint density at radius 2 is 1.89 bits per heavy atom. The molecular formula is C20H21Cl2N3O3. The molecule has 148 valence electrons. The van der Waals surface area contributed by atoms with Gasteiger partial charge in [-0.05, 0) is 48.6 Å². The van der Waals surface area contributed by atoms with Crippen LogP contribution in [0.3, 0.4) is 0 Å². The molecule has 3 rings (SSSR count). The number of aliphatic carboxylic acids is 1. The maximum atomic E-state index is 12.3. The summed E-state index contributed by atoms with van der Waals surface area (Å²) in [5.74, 6) is -1.13. The number of hydrogen-bond acceptors (Lipinski definition) is 3. The monoisotopic (exact) mass is 421 g/mol. The molecule has 2 aromatic rings. The molecule has 0 fully saturated rings. The van der Waals surface area contributed by atoms with Gasteiger partial charge in [0.05, 0.1) is 28.3 Å². The van der Waals surface area contributed by atoms with Crippen LogP contribution < -0.4 is 16.0 Å². The van der Waals surface area contributed by atoms with Crippen molar-refractivity contribution in [1.82, 2.24) is 10.6 Å². The maximum absolute atomic E-state index is 12.3. The SMILES string of the molecule is Cc1cc(Cl)c(N[C@@H](CNC(=O)N[C@H]2CCc3ccccc32)C(=O)O)c(Cl)c1. The minimum Gasteiger partial charge on any atom is -0.480 e. The molecule has 0 saturated heterocycles. The lowest BCUT2D eigenvalue weighted by Gasteiger charge is -2.20. The van der Waals surface area contributed by atoms with Crippen LogP contribution in [0.25, 0.3) is 0 Å². The second-order valence-corrected chi connectivity index (χ2v) is 7.60. The first kappa shape index (κ1) is 20.3. The van der Waals surface area contributed by atoms with Gasteiger partial charge in [0, 0.05) is 0 Å². The average Bonchev–Trinajstić information content (AvgIpc) is 3.03. The average molecular weight is 422 g/mol. The summed E-state index contributed by atoms with van der Waals surface area (Å²) in [5.41, 5.74) is 3.51. The largest absolute Gasteiger partial charge is 0.480 e. The zero-order valence-electron chi connectivity index (χ0n) is 15.3. The number of anilines is 1. The Kier molecular flexibility index (Phi) is 6.31. The van der Waals surface area contributed by atoms with Gasteiger partial charge in [-0.25, -0.2) is 9.59 Å². The van der Waals surface area contributed by atoms with Gasteiger partial charge in [-0.2, -0.15) is 0 Å². The summed E-state index contributed by atoms with van der Waals surface area (Å²) in [6, 6.07) is 9.76. The highest BCUT2D eigenvalue weighted by Crippen LogP contribution is 2.32. The van der Waals surface area contributed by atoms with Crippen molar-refractivity contribution < 1.29 is 14.7 Å². The number of hydrogen-bond donors (Lipinski definition) is 4. The third kappa shape index (κ3) is 4.69. The van der Waals surface area contributed by atoms with E-state index >= 15 is 0 Å². The van der Waals surface area contributed by atoms with Gasteiger partial charge in [-0.3, -0.25) is 0 Å². The predicted molar refractivity (Wildman–Crippen MR) is 110 cm³/mol. The fourth-order valence-electron chi connectivity index (χ4n) is 3.32. The number of carboxylic acid groups (broad SMARTS) is 1. The van der Waals surface area contributed by atoms with E-state index < -0.39 is 18.0 Å². The van der Waals surface area contributed by atoms with Crippen molar-refractivity contribution in [3.05, 3.63) is 63.1 Å². The summed E-state index contributed by atoms with van der Waals surface area (Å²) in [6.45, 7) is 1.71. The second kappa shape index (κ2) is 8.71. The van der Waals surface area contributed by atoms with E-state index in [9.17, 15) is 14.7 Å². The number of urea groups is 1. The molecule has 0 spiro atoms. The van der Waals surface area contributed by atoms with Crippen LogP contribution in [0.4, 0.5) is 10.5 Å². The Bertz CT molecular complexity index is 881. The Morgan fingerprint density at radius 1 is 1.21 bits per heavy atom. The number of nitrogens with one attached hydrogen (secondary N) is 3. The van der Waals surface area contributed by atoms with Crippen LogP contribution in [-0.2, 0) is 11.2 Å². The third-order valence-corrected chi connectivity index (χ3v) is 5.30. The second-order valence-electron chi connectivity index (χ2n) is 6.78. The van der Waals surface area contributed by atoms with E-state index in [1.807, 2.05) is 31.2 Å². The number of benzene rings is 2. The molecular weight excluding hydrogens is 401 g/mol. The molecule has 0 radical (unpaired) electrons. The van der Waals surface area contributed by atoms with Crippen molar-refractivity contribution in [2.24, 2.45) is 0 Å². The summed E-state index contributed by atoms with van der Waals surface area (Å²) >= 11 is 12.3. The number of carbonyl (C=O) groups is 2. The third-order valence-electron chi connectivity index (χ3n) is 4.71. The molecule has 2 aromatic carbocycles. The Labute approximate surface area is 173 Å². The van der Waals surface area contributed by atoms with Crippen molar-refractivity contribution in [2.75, 3.05) is 11.9 Å². The predicted octanol–water partition coefficient (Wildman–Crippen LogP) is 4.15. The molecule has 1 aliphatic carbocycles. The van der Waals surface area contributed by atoms with E-state index in [0.29, 0.717) is 15.7 Å². The molecule has 8 heteroatoms. The number of carboxylic acids is 1. The number of halogens is 2. The lowest BCUT2D eigenvalue weighted by atomic mass is 10.1. The van der Waals surface area contributed by atoms with Gasteiger partial charge in [0.15, 0.2) is 0 Å². The molecule has 0 aliphatic heterocycles. The number of carbonyl (C=O) groups excluding carboxylic acids is 1. The Balaban J connectivity index is 1.60. The van der Waals surface area contributed by atoms with E-state index in [1.165, 1.54) is 5.56 Å². The summed E-state index contributed by atoms with van der Waals surface area (Å²) in [4.78, 5) is 23.9. The molecule has 1 aliphatic rings. The van der Waals surface area contributed by atoms with Gasteiger partial charge in [-0.1, -0.05) is 47.5 Å². The highest BCUT2D eigenvalue weighted by molar-refractivity contribution is 6.39. The van der Waals surface area contributed by atoms with Crippen LogP contribution in [0.2, 0.25) is 10.0 Å². The van der Waals surface area contributed by atoms with Gasteiger partial charge >= 0.3 is 12.0 Å². The van der Waals surface area contributed by atoms with Crippen LogP contribution in [0.1, 0.15) is 29.2 Å². The first-order valence-corrected chi connectivity index (χ1v) is 9.68. The van der Waals surface area contributed by atoms with Crippen LogP contribution in [-0.4, -0.2) is 29.7 Å². The highest BCUT2D eigenvalue weighted by atomic mass is 35.5. The smallest absolute Gasteiger partial charge is 0.327 e. The van der Waals surface area contributed by atoms with Crippen LogP contribution in [0, 0.1) is 6.92 Å². The number of aryl methyl sites for hydroxylation is 2. The quantitative estimate of drug-likeness (QED) is 0.563. The van der Waals surface area contributed by atoms with Crippen LogP contribution in [0.15, 0.2) is 36.4 Å². The first-order valence-electron chi connectivity index (χ1n) is 8.92. The molecule has 0 saturated carbocycles. The van der Waals surface area contributed by atoms with Gasteiger partial charge in [0.1, 0.15) is 6.04 Å². The fraction of sp³-hybridized carbons (Fsp3) is 0.300. The lowest BCUT2D eigenvalue weighted by Crippen LogP contribution is -2.45. The molecule has 0 heterocycles. The molecule has 2 atom stereocenters. The summed E-state index contributed by atoms with van der Waals surface area (Å²) in [6.07, 6.45) is 1.73. The van der Waals surface area contributed by atoms with Gasteiger partial charge in [0.2, 0.25) is 0 Å². The van der Waals surface area contributed by atoms with Crippen LogP contribution in [0.5, 0.6) is 0 Å². The topological polar surface area (TPSA) is 90.5 Å². The fourth-order valence-corrected chi connectivity index (χ4v) is 4.03. The molecule has 28 heavy (non-hydrogen) atoms. The molecule has 2 amide bonds. The van der Waals surface area contributed by atoms with Crippen molar-refractivity contribution in [1.29, 1.82) is 0 Å². The zero-order valence-corrected chi connectivity index (χ0v) is 16.8. The van der Waals surface area contributed by atoms with E-state index in [0.717, 1.165) is 24.0 Å². The molecule has 6 nitrogen and oxygen atoms in total. The summed E-state index contributed by atoms with van der Waals surface area (Å²) in [5, 5.41) is 18.4. The summed E-state index contributed by atoms with van der Waals surface area (Å²) in [7, 11) is 0. The number of rotatable bonds is 6. The minimum absolute atomic E-state index is 0.0755. The Hall–Kier alpha value is -2.44. The van der Waals surface area contributed by atoms with Crippen molar-refractivity contribution in [2.45, 2.75) is 31.8 Å². The molecule has 0 unspecified atom stereocenters. The maximum Gasteiger partial charge on any atom is 0.327 e. The normalized spacial score (nSPS) is 16.2. The van der Waals surface area contributed by atoms with Gasteiger partial charge < -0.3 is 21.1 Å². The molecule has 4 N–H and O–H groups in total. The van der Waals surface area contributed by atoms with E-state index in [-0.39, 0.29) is 12.6 Å². The minimum atomic E-state index is -1.13. The first-order chi connectivity index (χ1) is 13.3. The van der Waals surface area contributed by atoms with Crippen molar-refractivity contribution in [3.63, 3.8) is 0 Å². The number of amides is 2. The summed E-state index contributed by atoms with van der Waals surface area (Å²) < 4.78 is 0. The lowest BCUT2D eigenvalue weighted by molar-refractivity contribution is -0.137. The molecule has 0 aromatic heterocycles. The van der Waals surface area contributed by atoms with Gasteiger partial charge in [0.25, 0.3) is 0 Å².